The van der Waals surface area contributed by atoms with Gasteiger partial charge in [0.1, 0.15) is 5.78 Å². The summed E-state index contributed by atoms with van der Waals surface area (Å²) < 4.78 is 18.8. The number of ether oxygens (including phenoxy) is 1. The molecular formula is C13H16ClFO2. The molecule has 17 heavy (non-hydrogen) atoms. The van der Waals surface area contributed by atoms with Gasteiger partial charge in [0.15, 0.2) is 11.6 Å². The van der Waals surface area contributed by atoms with Crippen LogP contribution in [0.25, 0.3) is 0 Å². The van der Waals surface area contributed by atoms with E-state index in [4.69, 9.17) is 16.3 Å². The number of methoxy groups -OCH3 is 1. The zero-order chi connectivity index (χ0) is 12.8. The van der Waals surface area contributed by atoms with Gasteiger partial charge >= 0.3 is 0 Å². The fourth-order valence-corrected chi connectivity index (χ4v) is 1.98. The Kier molecular flexibility index (Phi) is 5.42. The topological polar surface area (TPSA) is 26.3 Å². The molecule has 0 aromatic heterocycles. The average molecular weight is 259 g/mol. The molecule has 0 N–H and O–H groups in total. The van der Waals surface area contributed by atoms with Crippen molar-refractivity contribution in [1.82, 2.24) is 0 Å². The van der Waals surface area contributed by atoms with Gasteiger partial charge in [-0.15, -0.1) is 11.6 Å². The van der Waals surface area contributed by atoms with Gasteiger partial charge in [0.05, 0.1) is 7.11 Å². The van der Waals surface area contributed by atoms with Gasteiger partial charge in [-0.3, -0.25) is 4.79 Å². The summed E-state index contributed by atoms with van der Waals surface area (Å²) in [5, 5.41) is 0. The molecule has 1 rings (SSSR count). The Morgan fingerprint density at radius 1 is 1.53 bits per heavy atom. The number of ketones is 1. The van der Waals surface area contributed by atoms with Crippen molar-refractivity contribution in [3.05, 3.63) is 29.6 Å². The van der Waals surface area contributed by atoms with E-state index in [1.165, 1.54) is 14.0 Å². The second-order valence-corrected chi connectivity index (χ2v) is 4.30. The summed E-state index contributed by atoms with van der Waals surface area (Å²) >= 11 is 5.63. The van der Waals surface area contributed by atoms with Crippen molar-refractivity contribution >= 4 is 17.4 Å². The molecule has 0 radical (unpaired) electrons. The molecule has 1 aromatic carbocycles. The second kappa shape index (κ2) is 6.60. The van der Waals surface area contributed by atoms with Crippen molar-refractivity contribution < 1.29 is 13.9 Å². The summed E-state index contributed by atoms with van der Waals surface area (Å²) in [6.07, 6.45) is 0.929. The summed E-state index contributed by atoms with van der Waals surface area (Å²) in [6, 6.07) is 4.94. The van der Waals surface area contributed by atoms with Crippen LogP contribution < -0.4 is 4.74 Å². The number of benzene rings is 1. The van der Waals surface area contributed by atoms with E-state index in [9.17, 15) is 9.18 Å². The molecule has 4 heteroatoms. The highest BCUT2D eigenvalue weighted by molar-refractivity contribution is 6.18. The van der Waals surface area contributed by atoms with Gasteiger partial charge in [-0.25, -0.2) is 4.39 Å². The predicted molar refractivity (Wildman–Crippen MR) is 66.2 cm³/mol. The smallest absolute Gasteiger partial charge is 0.168 e. The quantitative estimate of drug-likeness (QED) is 0.733. The standard InChI is InChI=1S/C13H16ClFO2/c1-9(16)10(6-7-14)8-11-4-3-5-12(17-2)13(11)15/h3-5,10H,6-8H2,1-2H3. The molecular weight excluding hydrogens is 243 g/mol. The molecule has 0 fully saturated rings. The van der Waals surface area contributed by atoms with E-state index in [0.29, 0.717) is 24.3 Å². The SMILES string of the molecule is COc1cccc(CC(CCCl)C(C)=O)c1F. The zero-order valence-electron chi connectivity index (χ0n) is 10.0. The molecule has 1 unspecified atom stereocenters. The summed E-state index contributed by atoms with van der Waals surface area (Å²) in [6.45, 7) is 1.51. The highest BCUT2D eigenvalue weighted by Crippen LogP contribution is 2.23. The van der Waals surface area contributed by atoms with Gasteiger partial charge in [-0.1, -0.05) is 12.1 Å². The molecule has 0 heterocycles. The van der Waals surface area contributed by atoms with Gasteiger partial charge < -0.3 is 4.74 Å². The first-order chi connectivity index (χ1) is 8.10. The van der Waals surface area contributed by atoms with E-state index < -0.39 is 5.82 Å². The molecule has 0 aliphatic heterocycles. The number of alkyl halides is 1. The first-order valence-corrected chi connectivity index (χ1v) is 6.01. The molecule has 0 amide bonds. The Labute approximate surface area is 106 Å². The number of carbonyl (C=O) groups excluding carboxylic acids is 1. The molecule has 0 bridgehead atoms. The van der Waals surface area contributed by atoms with Gasteiger partial charge in [-0.2, -0.15) is 0 Å². The molecule has 0 saturated carbocycles. The summed E-state index contributed by atoms with van der Waals surface area (Å²) in [4.78, 5) is 11.4. The Morgan fingerprint density at radius 3 is 2.76 bits per heavy atom. The fraction of sp³-hybridized carbons (Fsp3) is 0.462. The van der Waals surface area contributed by atoms with Crippen molar-refractivity contribution in [1.29, 1.82) is 0 Å². The van der Waals surface area contributed by atoms with E-state index in [-0.39, 0.29) is 17.5 Å². The van der Waals surface area contributed by atoms with Crippen LogP contribution in [0.15, 0.2) is 18.2 Å². The van der Waals surface area contributed by atoms with Crippen LogP contribution in [0.2, 0.25) is 0 Å². The highest BCUT2D eigenvalue weighted by Gasteiger charge is 2.17. The molecule has 94 valence electrons. The molecule has 0 aliphatic rings. The molecule has 2 nitrogen and oxygen atoms in total. The Hall–Kier alpha value is -1.09. The lowest BCUT2D eigenvalue weighted by Crippen LogP contribution is -2.15. The summed E-state index contributed by atoms with van der Waals surface area (Å²) in [5.41, 5.74) is 0.495. The minimum absolute atomic E-state index is 0.0351. The highest BCUT2D eigenvalue weighted by atomic mass is 35.5. The zero-order valence-corrected chi connectivity index (χ0v) is 10.8. The lowest BCUT2D eigenvalue weighted by Gasteiger charge is -2.13. The van der Waals surface area contributed by atoms with E-state index in [1.807, 2.05) is 0 Å². The minimum atomic E-state index is -0.393. The number of hydrogen-bond donors (Lipinski definition) is 0. The van der Waals surface area contributed by atoms with E-state index in [1.54, 1.807) is 18.2 Å². The molecule has 0 saturated heterocycles. The lowest BCUT2D eigenvalue weighted by molar-refractivity contribution is -0.120. The van der Waals surface area contributed by atoms with Crippen LogP contribution >= 0.6 is 11.6 Å². The maximum atomic E-state index is 13.9. The Bertz CT molecular complexity index is 393. The van der Waals surface area contributed by atoms with Crippen molar-refractivity contribution in [3.63, 3.8) is 0 Å². The van der Waals surface area contributed by atoms with Crippen molar-refractivity contribution in [3.8, 4) is 5.75 Å². The van der Waals surface area contributed by atoms with E-state index >= 15 is 0 Å². The Morgan fingerprint density at radius 2 is 2.24 bits per heavy atom. The summed E-state index contributed by atoms with van der Waals surface area (Å²) in [7, 11) is 1.42. The van der Waals surface area contributed by atoms with Crippen LogP contribution in [0, 0.1) is 11.7 Å². The molecule has 1 aromatic rings. The fourth-order valence-electron chi connectivity index (χ4n) is 1.72. The number of Topliss-reactive ketones (excluding diaryl/α,β-unsaturated/α-hetero) is 1. The largest absolute Gasteiger partial charge is 0.494 e. The number of rotatable bonds is 6. The molecule has 0 spiro atoms. The third-order valence-corrected chi connectivity index (χ3v) is 2.98. The third-order valence-electron chi connectivity index (χ3n) is 2.76. The third kappa shape index (κ3) is 3.70. The first-order valence-electron chi connectivity index (χ1n) is 5.48. The van der Waals surface area contributed by atoms with Crippen LogP contribution in [0.5, 0.6) is 5.75 Å². The van der Waals surface area contributed by atoms with Crippen molar-refractivity contribution in [2.24, 2.45) is 5.92 Å². The maximum Gasteiger partial charge on any atom is 0.168 e. The Balaban J connectivity index is 2.89. The second-order valence-electron chi connectivity index (χ2n) is 3.92. The van der Waals surface area contributed by atoms with Gasteiger partial charge in [0, 0.05) is 11.8 Å². The van der Waals surface area contributed by atoms with Crippen molar-refractivity contribution in [2.75, 3.05) is 13.0 Å². The maximum absolute atomic E-state index is 13.9. The van der Waals surface area contributed by atoms with Crippen LogP contribution in [0.1, 0.15) is 18.9 Å². The van der Waals surface area contributed by atoms with Gasteiger partial charge in [0.2, 0.25) is 0 Å². The van der Waals surface area contributed by atoms with Crippen LogP contribution in [0.4, 0.5) is 4.39 Å². The minimum Gasteiger partial charge on any atom is -0.494 e. The van der Waals surface area contributed by atoms with Crippen LogP contribution in [0.3, 0.4) is 0 Å². The van der Waals surface area contributed by atoms with Crippen LogP contribution in [-0.2, 0) is 11.2 Å². The molecule has 0 aliphatic carbocycles. The lowest BCUT2D eigenvalue weighted by atomic mass is 9.93. The first kappa shape index (κ1) is 14.0. The number of hydrogen-bond acceptors (Lipinski definition) is 2. The van der Waals surface area contributed by atoms with Gasteiger partial charge in [-0.05, 0) is 31.4 Å². The normalized spacial score (nSPS) is 12.2. The van der Waals surface area contributed by atoms with E-state index in [2.05, 4.69) is 0 Å². The van der Waals surface area contributed by atoms with Crippen molar-refractivity contribution in [2.45, 2.75) is 19.8 Å². The van der Waals surface area contributed by atoms with E-state index in [0.717, 1.165) is 0 Å². The van der Waals surface area contributed by atoms with Crippen LogP contribution in [-0.4, -0.2) is 18.8 Å². The molecule has 1 atom stereocenters. The van der Waals surface area contributed by atoms with Gasteiger partial charge in [0.25, 0.3) is 0 Å². The number of halogens is 2. The predicted octanol–water partition coefficient (Wildman–Crippen LogP) is 3.21. The summed E-state index contributed by atoms with van der Waals surface area (Å²) in [5.74, 6) is 0.0176. The average Bonchev–Trinajstić information content (AvgIpc) is 2.30. The number of carbonyl (C=O) groups is 1. The monoisotopic (exact) mass is 258 g/mol.